The predicted molar refractivity (Wildman–Crippen MR) is 88.2 cm³/mol. The highest BCUT2D eigenvalue weighted by atomic mass is 35.5. The van der Waals surface area contributed by atoms with Crippen LogP contribution < -0.4 is 10.1 Å². The third kappa shape index (κ3) is 4.72. The summed E-state index contributed by atoms with van der Waals surface area (Å²) in [7, 11) is 0. The molecule has 0 fully saturated rings. The number of anilines is 1. The van der Waals surface area contributed by atoms with Gasteiger partial charge in [0.1, 0.15) is 5.75 Å². The van der Waals surface area contributed by atoms with Crippen molar-refractivity contribution in [1.82, 2.24) is 0 Å². The summed E-state index contributed by atoms with van der Waals surface area (Å²) in [6, 6.07) is 11.3. The number of ether oxygens (including phenoxy) is 2. The van der Waals surface area contributed by atoms with Gasteiger partial charge in [-0.3, -0.25) is 5.32 Å². The number of carbonyl (C=O) groups excluding carboxylic acids is 2. The summed E-state index contributed by atoms with van der Waals surface area (Å²) in [5, 5.41) is 3.16. The lowest BCUT2D eigenvalue weighted by molar-refractivity contribution is 0.0526. The van der Waals surface area contributed by atoms with Crippen LogP contribution in [0.25, 0.3) is 0 Å². The van der Waals surface area contributed by atoms with Crippen molar-refractivity contribution < 1.29 is 19.1 Å². The Morgan fingerprint density at radius 2 is 1.83 bits per heavy atom. The molecule has 120 valence electrons. The van der Waals surface area contributed by atoms with Crippen molar-refractivity contribution in [3.05, 3.63) is 58.6 Å². The fraction of sp³-hybridized carbons (Fsp3) is 0.176. The zero-order valence-corrected chi connectivity index (χ0v) is 13.5. The van der Waals surface area contributed by atoms with E-state index in [4.69, 9.17) is 21.1 Å². The molecule has 2 rings (SSSR count). The number of nitrogens with one attached hydrogen (secondary N) is 1. The summed E-state index contributed by atoms with van der Waals surface area (Å²) in [4.78, 5) is 23.4. The summed E-state index contributed by atoms with van der Waals surface area (Å²) >= 11 is 5.85. The number of amides is 1. The van der Waals surface area contributed by atoms with E-state index in [0.29, 0.717) is 28.6 Å². The first kappa shape index (κ1) is 16.8. The van der Waals surface area contributed by atoms with Gasteiger partial charge >= 0.3 is 12.1 Å². The molecule has 0 heterocycles. The van der Waals surface area contributed by atoms with Crippen LogP contribution in [-0.2, 0) is 4.74 Å². The monoisotopic (exact) mass is 333 g/mol. The van der Waals surface area contributed by atoms with Gasteiger partial charge in [0.25, 0.3) is 0 Å². The number of rotatable bonds is 4. The van der Waals surface area contributed by atoms with Crippen molar-refractivity contribution in [3.8, 4) is 5.75 Å². The fourth-order valence-electron chi connectivity index (χ4n) is 1.87. The van der Waals surface area contributed by atoms with Crippen LogP contribution in [0.4, 0.5) is 10.5 Å². The topological polar surface area (TPSA) is 64.6 Å². The summed E-state index contributed by atoms with van der Waals surface area (Å²) < 4.78 is 10.1. The van der Waals surface area contributed by atoms with Crippen molar-refractivity contribution in [3.63, 3.8) is 0 Å². The Labute approximate surface area is 139 Å². The molecule has 0 saturated heterocycles. The molecule has 2 aromatic carbocycles. The van der Waals surface area contributed by atoms with E-state index in [1.165, 1.54) is 0 Å². The van der Waals surface area contributed by atoms with Crippen LogP contribution in [0.2, 0.25) is 5.02 Å². The van der Waals surface area contributed by atoms with Gasteiger partial charge in [0.15, 0.2) is 0 Å². The second kappa shape index (κ2) is 7.65. The van der Waals surface area contributed by atoms with E-state index in [0.717, 1.165) is 5.56 Å². The van der Waals surface area contributed by atoms with Crippen LogP contribution in [0, 0.1) is 6.92 Å². The van der Waals surface area contributed by atoms with E-state index in [1.807, 2.05) is 0 Å². The Morgan fingerprint density at radius 1 is 1.13 bits per heavy atom. The highest BCUT2D eigenvalue weighted by Gasteiger charge is 2.09. The lowest BCUT2D eigenvalue weighted by Crippen LogP contribution is -2.17. The molecule has 0 spiro atoms. The van der Waals surface area contributed by atoms with E-state index >= 15 is 0 Å². The highest BCUT2D eigenvalue weighted by molar-refractivity contribution is 6.30. The van der Waals surface area contributed by atoms with Crippen LogP contribution in [-0.4, -0.2) is 18.7 Å². The highest BCUT2D eigenvalue weighted by Crippen LogP contribution is 2.22. The molecule has 23 heavy (non-hydrogen) atoms. The molecule has 0 aliphatic rings. The van der Waals surface area contributed by atoms with E-state index in [1.54, 1.807) is 56.3 Å². The molecule has 0 aliphatic carbocycles. The number of hydrogen-bond donors (Lipinski definition) is 1. The van der Waals surface area contributed by atoms with Crippen LogP contribution in [0.15, 0.2) is 42.5 Å². The lowest BCUT2D eigenvalue weighted by atomic mass is 10.2. The third-order valence-corrected chi connectivity index (χ3v) is 3.22. The van der Waals surface area contributed by atoms with Crippen molar-refractivity contribution in [1.29, 1.82) is 0 Å². The van der Waals surface area contributed by atoms with Crippen LogP contribution in [0.1, 0.15) is 22.8 Å². The third-order valence-electron chi connectivity index (χ3n) is 2.98. The molecule has 6 heteroatoms. The quantitative estimate of drug-likeness (QED) is 0.840. The van der Waals surface area contributed by atoms with Gasteiger partial charge in [-0.25, -0.2) is 9.59 Å². The average Bonchev–Trinajstić information content (AvgIpc) is 2.51. The Kier molecular flexibility index (Phi) is 5.60. The van der Waals surface area contributed by atoms with E-state index < -0.39 is 12.1 Å². The van der Waals surface area contributed by atoms with Gasteiger partial charge in [0, 0.05) is 10.7 Å². The maximum Gasteiger partial charge on any atom is 0.417 e. The standard InChI is InChI=1S/C17H16ClNO4/c1-3-22-16(20)12-4-7-14(8-5-12)19-17(21)23-15-9-6-13(18)10-11(15)2/h4-10H,3H2,1-2H3,(H,19,21). The van der Waals surface area contributed by atoms with Crippen LogP contribution in [0.5, 0.6) is 5.75 Å². The molecular formula is C17H16ClNO4. The molecule has 0 bridgehead atoms. The molecule has 2 aromatic rings. The molecular weight excluding hydrogens is 318 g/mol. The predicted octanol–water partition coefficient (Wildman–Crippen LogP) is 4.44. The second-order valence-corrected chi connectivity index (χ2v) is 5.16. The van der Waals surface area contributed by atoms with Gasteiger partial charge in [-0.05, 0) is 61.9 Å². The van der Waals surface area contributed by atoms with E-state index in [2.05, 4.69) is 5.32 Å². The Balaban J connectivity index is 1.98. The number of benzene rings is 2. The average molecular weight is 334 g/mol. The van der Waals surface area contributed by atoms with Gasteiger partial charge in [0.2, 0.25) is 0 Å². The van der Waals surface area contributed by atoms with Crippen LogP contribution in [0.3, 0.4) is 0 Å². The van der Waals surface area contributed by atoms with Gasteiger partial charge in [0.05, 0.1) is 12.2 Å². The largest absolute Gasteiger partial charge is 0.462 e. The Morgan fingerprint density at radius 3 is 2.43 bits per heavy atom. The SMILES string of the molecule is CCOC(=O)c1ccc(NC(=O)Oc2ccc(Cl)cc2C)cc1. The normalized spacial score (nSPS) is 10.0. The summed E-state index contributed by atoms with van der Waals surface area (Å²) in [6.07, 6.45) is -0.626. The van der Waals surface area contributed by atoms with Gasteiger partial charge < -0.3 is 9.47 Å². The Hall–Kier alpha value is -2.53. The number of halogens is 1. The molecule has 0 atom stereocenters. The van der Waals surface area contributed by atoms with Crippen molar-refractivity contribution in [2.24, 2.45) is 0 Å². The maximum atomic E-state index is 11.9. The second-order valence-electron chi connectivity index (χ2n) is 4.72. The molecule has 0 aromatic heterocycles. The number of hydrogen-bond acceptors (Lipinski definition) is 4. The van der Waals surface area contributed by atoms with Crippen molar-refractivity contribution >= 4 is 29.4 Å². The molecule has 1 N–H and O–H groups in total. The molecule has 5 nitrogen and oxygen atoms in total. The first-order chi connectivity index (χ1) is 11.0. The number of esters is 1. The first-order valence-electron chi connectivity index (χ1n) is 7.01. The number of carbonyl (C=O) groups is 2. The van der Waals surface area contributed by atoms with Gasteiger partial charge in [-0.2, -0.15) is 0 Å². The maximum absolute atomic E-state index is 11.9. The minimum atomic E-state index is -0.626. The van der Waals surface area contributed by atoms with Crippen molar-refractivity contribution in [2.45, 2.75) is 13.8 Å². The molecule has 0 radical (unpaired) electrons. The Bertz CT molecular complexity index is 713. The zero-order valence-electron chi connectivity index (χ0n) is 12.8. The summed E-state index contributed by atoms with van der Waals surface area (Å²) in [5.74, 6) is 0.0217. The first-order valence-corrected chi connectivity index (χ1v) is 7.39. The minimum Gasteiger partial charge on any atom is -0.462 e. The fourth-order valence-corrected chi connectivity index (χ4v) is 2.10. The van der Waals surface area contributed by atoms with E-state index in [-0.39, 0.29) is 0 Å². The minimum absolute atomic E-state index is 0.311. The molecule has 0 aliphatic heterocycles. The zero-order chi connectivity index (χ0) is 16.8. The summed E-state index contributed by atoms with van der Waals surface area (Å²) in [6.45, 7) is 3.84. The smallest absolute Gasteiger partial charge is 0.417 e. The van der Waals surface area contributed by atoms with Crippen molar-refractivity contribution in [2.75, 3.05) is 11.9 Å². The van der Waals surface area contributed by atoms with Gasteiger partial charge in [-0.1, -0.05) is 11.6 Å². The molecule has 0 saturated carbocycles. The van der Waals surface area contributed by atoms with Crippen LogP contribution >= 0.6 is 11.6 Å². The number of aryl methyl sites for hydroxylation is 1. The lowest BCUT2D eigenvalue weighted by Gasteiger charge is -2.09. The molecule has 0 unspecified atom stereocenters. The van der Waals surface area contributed by atoms with Gasteiger partial charge in [-0.15, -0.1) is 0 Å². The summed E-state index contributed by atoms with van der Waals surface area (Å²) in [5.41, 5.74) is 1.68. The molecule has 1 amide bonds. The van der Waals surface area contributed by atoms with E-state index in [9.17, 15) is 9.59 Å².